The van der Waals surface area contributed by atoms with E-state index in [0.717, 1.165) is 35.7 Å². The molecule has 0 amide bonds. The second-order valence-electron chi connectivity index (χ2n) is 9.66. The van der Waals surface area contributed by atoms with Crippen molar-refractivity contribution in [2.24, 2.45) is 0 Å². The molecule has 0 aliphatic carbocycles. The third-order valence-electron chi connectivity index (χ3n) is 6.09. The van der Waals surface area contributed by atoms with E-state index in [1.165, 1.54) is 9.20 Å². The van der Waals surface area contributed by atoms with E-state index in [-0.39, 0.29) is 23.4 Å². The predicted octanol–water partition coefficient (Wildman–Crippen LogP) is 2.74. The van der Waals surface area contributed by atoms with Crippen molar-refractivity contribution in [1.82, 2.24) is 19.4 Å². The van der Waals surface area contributed by atoms with Gasteiger partial charge >= 0.3 is 0 Å². The van der Waals surface area contributed by atoms with Gasteiger partial charge in [-0.1, -0.05) is 20.8 Å². The standard InChI is InChI=1S/C25H34N6O4/c1-7-35-21-12-16(2)23-28-30(24(26)31(23)27-21)15-20(32)17-13-18(25(3,4)5)22(33-6)19(14-17)29-8-10-34-11-9-29/h12-14,26H,7-11,15H2,1-6H3. The van der Waals surface area contributed by atoms with Crippen molar-refractivity contribution in [3.63, 3.8) is 0 Å². The first-order valence-electron chi connectivity index (χ1n) is 11.9. The van der Waals surface area contributed by atoms with Crippen LogP contribution in [0.5, 0.6) is 11.6 Å². The molecule has 1 N–H and O–H groups in total. The van der Waals surface area contributed by atoms with E-state index in [1.54, 1.807) is 13.2 Å². The van der Waals surface area contributed by atoms with Crippen LogP contribution in [-0.4, -0.2) is 65.2 Å². The number of methoxy groups -OCH3 is 1. The summed E-state index contributed by atoms with van der Waals surface area (Å²) in [5.41, 5.74) is 3.50. The van der Waals surface area contributed by atoms with E-state index in [0.29, 0.717) is 36.9 Å². The highest BCUT2D eigenvalue weighted by Crippen LogP contribution is 2.40. The van der Waals surface area contributed by atoms with Crippen molar-refractivity contribution in [3.05, 3.63) is 40.5 Å². The molecular formula is C25H34N6O4. The topological polar surface area (TPSA) is 107 Å². The molecule has 0 saturated carbocycles. The maximum absolute atomic E-state index is 13.5. The minimum absolute atomic E-state index is 0.0102. The van der Waals surface area contributed by atoms with Crippen molar-refractivity contribution in [2.75, 3.05) is 44.9 Å². The molecule has 0 radical (unpaired) electrons. The number of ether oxygens (including phenoxy) is 3. The molecule has 0 atom stereocenters. The molecule has 10 heteroatoms. The van der Waals surface area contributed by atoms with Gasteiger partial charge in [-0.05, 0) is 31.4 Å². The van der Waals surface area contributed by atoms with Gasteiger partial charge in [-0.3, -0.25) is 10.2 Å². The molecule has 1 aromatic carbocycles. The van der Waals surface area contributed by atoms with Crippen LogP contribution in [0.4, 0.5) is 5.69 Å². The molecule has 0 spiro atoms. The van der Waals surface area contributed by atoms with Crippen LogP contribution < -0.4 is 20.0 Å². The Balaban J connectivity index is 1.75. The number of ketones is 1. The SMILES string of the molecule is CCOc1cc(C)c2nn(CC(=O)c3cc(N4CCOCC4)c(OC)c(C(C)(C)C)c3)c(=N)n2n1. The lowest BCUT2D eigenvalue weighted by Crippen LogP contribution is -2.37. The van der Waals surface area contributed by atoms with Crippen LogP contribution in [0.25, 0.3) is 5.65 Å². The Morgan fingerprint density at radius 1 is 1.17 bits per heavy atom. The number of nitrogens with one attached hydrogen (secondary N) is 1. The summed E-state index contributed by atoms with van der Waals surface area (Å²) in [4.78, 5) is 15.7. The van der Waals surface area contributed by atoms with E-state index < -0.39 is 0 Å². The highest BCUT2D eigenvalue weighted by Gasteiger charge is 2.27. The average Bonchev–Trinajstić information content (AvgIpc) is 3.14. The van der Waals surface area contributed by atoms with Gasteiger partial charge in [-0.2, -0.15) is 4.52 Å². The number of morpholine rings is 1. The predicted molar refractivity (Wildman–Crippen MR) is 132 cm³/mol. The molecule has 10 nitrogen and oxygen atoms in total. The number of aryl methyl sites for hydroxylation is 1. The lowest BCUT2D eigenvalue weighted by molar-refractivity contribution is 0.0965. The number of carbonyl (C=O) groups is 1. The number of aromatic nitrogens is 4. The minimum Gasteiger partial charge on any atom is -0.494 e. The monoisotopic (exact) mass is 482 g/mol. The van der Waals surface area contributed by atoms with Crippen molar-refractivity contribution in [2.45, 2.75) is 46.6 Å². The lowest BCUT2D eigenvalue weighted by Gasteiger charge is -2.33. The average molecular weight is 483 g/mol. The van der Waals surface area contributed by atoms with Gasteiger partial charge in [0.15, 0.2) is 11.4 Å². The Morgan fingerprint density at radius 3 is 2.51 bits per heavy atom. The van der Waals surface area contributed by atoms with Crippen LogP contribution in [0.3, 0.4) is 0 Å². The zero-order valence-corrected chi connectivity index (χ0v) is 21.3. The van der Waals surface area contributed by atoms with Crippen LogP contribution in [-0.2, 0) is 16.7 Å². The van der Waals surface area contributed by atoms with Gasteiger partial charge in [-0.15, -0.1) is 10.2 Å². The number of rotatable bonds is 7. The number of fused-ring (bicyclic) bond motifs is 1. The zero-order valence-electron chi connectivity index (χ0n) is 21.3. The van der Waals surface area contributed by atoms with E-state index in [9.17, 15) is 4.79 Å². The summed E-state index contributed by atoms with van der Waals surface area (Å²) < 4.78 is 19.7. The maximum atomic E-state index is 13.5. The molecular weight excluding hydrogens is 448 g/mol. The third kappa shape index (κ3) is 4.88. The van der Waals surface area contributed by atoms with Crippen LogP contribution in [0, 0.1) is 12.3 Å². The Kier molecular flexibility index (Phi) is 6.84. The second kappa shape index (κ2) is 9.69. The summed E-state index contributed by atoms with van der Waals surface area (Å²) in [7, 11) is 1.67. The first-order chi connectivity index (χ1) is 16.6. The fraction of sp³-hybridized carbons (Fsp3) is 0.520. The van der Waals surface area contributed by atoms with Crippen molar-refractivity contribution < 1.29 is 19.0 Å². The number of carbonyl (C=O) groups excluding carboxylic acids is 1. The van der Waals surface area contributed by atoms with Crippen molar-refractivity contribution in [1.29, 1.82) is 5.41 Å². The molecule has 2 aromatic heterocycles. The molecule has 4 rings (SSSR count). The molecule has 3 heterocycles. The summed E-state index contributed by atoms with van der Waals surface area (Å²) in [5.74, 6) is 1.06. The van der Waals surface area contributed by atoms with Gasteiger partial charge < -0.3 is 19.1 Å². The fourth-order valence-electron chi connectivity index (χ4n) is 4.27. The largest absolute Gasteiger partial charge is 0.494 e. The van der Waals surface area contributed by atoms with Crippen LogP contribution in [0.2, 0.25) is 0 Å². The van der Waals surface area contributed by atoms with E-state index in [1.807, 2.05) is 26.0 Å². The van der Waals surface area contributed by atoms with Crippen LogP contribution in [0.15, 0.2) is 18.2 Å². The molecule has 1 aliphatic rings. The van der Waals surface area contributed by atoms with Gasteiger partial charge in [0.05, 0.1) is 32.6 Å². The minimum atomic E-state index is -0.240. The first kappa shape index (κ1) is 24.7. The fourth-order valence-corrected chi connectivity index (χ4v) is 4.27. The molecule has 1 saturated heterocycles. The number of benzene rings is 1. The molecule has 188 valence electrons. The molecule has 3 aromatic rings. The molecule has 35 heavy (non-hydrogen) atoms. The Labute approximate surface area is 204 Å². The maximum Gasteiger partial charge on any atom is 0.242 e. The highest BCUT2D eigenvalue weighted by molar-refractivity contribution is 5.97. The third-order valence-corrected chi connectivity index (χ3v) is 6.09. The number of Topliss-reactive ketones (excluding diaryl/α,β-unsaturated/α-hetero) is 1. The number of hydrogen-bond acceptors (Lipinski definition) is 8. The van der Waals surface area contributed by atoms with E-state index in [4.69, 9.17) is 19.6 Å². The van der Waals surface area contributed by atoms with E-state index >= 15 is 0 Å². The number of anilines is 1. The van der Waals surface area contributed by atoms with Gasteiger partial charge in [0.25, 0.3) is 0 Å². The summed E-state index contributed by atoms with van der Waals surface area (Å²) in [5, 5.41) is 17.4. The Morgan fingerprint density at radius 2 is 1.89 bits per heavy atom. The Bertz CT molecular complexity index is 1300. The van der Waals surface area contributed by atoms with Gasteiger partial charge in [0, 0.05) is 35.8 Å². The summed E-state index contributed by atoms with van der Waals surface area (Å²) in [6.45, 7) is 13.2. The van der Waals surface area contributed by atoms with E-state index in [2.05, 4.69) is 35.9 Å². The summed E-state index contributed by atoms with van der Waals surface area (Å²) in [6, 6.07) is 5.57. The molecule has 1 fully saturated rings. The molecule has 0 bridgehead atoms. The highest BCUT2D eigenvalue weighted by atomic mass is 16.5. The van der Waals surface area contributed by atoms with Crippen molar-refractivity contribution >= 4 is 17.1 Å². The number of hydrogen-bond donors (Lipinski definition) is 1. The second-order valence-corrected chi connectivity index (χ2v) is 9.66. The lowest BCUT2D eigenvalue weighted by atomic mass is 9.84. The smallest absolute Gasteiger partial charge is 0.242 e. The quantitative estimate of drug-likeness (QED) is 0.516. The number of nitrogens with zero attached hydrogens (tertiary/aromatic N) is 5. The molecule has 0 unspecified atom stereocenters. The normalized spacial score (nSPS) is 14.4. The Hall–Kier alpha value is -3.40. The van der Waals surface area contributed by atoms with Gasteiger partial charge in [-0.25, -0.2) is 4.68 Å². The van der Waals surface area contributed by atoms with Gasteiger partial charge in [0.2, 0.25) is 11.5 Å². The zero-order chi connectivity index (χ0) is 25.3. The van der Waals surface area contributed by atoms with Crippen LogP contribution >= 0.6 is 0 Å². The first-order valence-corrected chi connectivity index (χ1v) is 11.9. The summed E-state index contributed by atoms with van der Waals surface area (Å²) in [6.07, 6.45) is 0. The summed E-state index contributed by atoms with van der Waals surface area (Å²) >= 11 is 0. The van der Waals surface area contributed by atoms with Gasteiger partial charge in [0.1, 0.15) is 12.3 Å². The molecule has 1 aliphatic heterocycles. The van der Waals surface area contributed by atoms with Crippen LogP contribution in [0.1, 0.15) is 49.2 Å². The van der Waals surface area contributed by atoms with Crippen molar-refractivity contribution in [3.8, 4) is 11.6 Å².